The molecule has 0 radical (unpaired) electrons. The second kappa shape index (κ2) is 7.75. The number of aromatic nitrogens is 1. The van der Waals surface area contributed by atoms with E-state index < -0.39 is 0 Å². The quantitative estimate of drug-likeness (QED) is 0.534. The maximum Gasteiger partial charge on any atom is 0.254 e. The second-order valence-corrected chi connectivity index (χ2v) is 7.41. The summed E-state index contributed by atoms with van der Waals surface area (Å²) in [5.74, 6) is -0.386. The van der Waals surface area contributed by atoms with Gasteiger partial charge in [-0.15, -0.1) is 11.3 Å². The van der Waals surface area contributed by atoms with Crippen LogP contribution in [0, 0.1) is 6.92 Å². The number of amides is 1. The number of benzene rings is 2. The van der Waals surface area contributed by atoms with Gasteiger partial charge in [-0.25, -0.2) is 4.98 Å². The molecule has 3 rings (SSSR count). The van der Waals surface area contributed by atoms with E-state index in [0.717, 1.165) is 21.8 Å². The Morgan fingerprint density at radius 2 is 1.84 bits per heavy atom. The minimum Gasteiger partial charge on any atom is -0.346 e. The van der Waals surface area contributed by atoms with Crippen molar-refractivity contribution in [2.45, 2.75) is 13.5 Å². The Labute approximate surface area is 164 Å². The third kappa shape index (κ3) is 3.98. The molecule has 0 saturated heterocycles. The van der Waals surface area contributed by atoms with E-state index in [1.54, 1.807) is 12.1 Å². The van der Waals surface area contributed by atoms with Gasteiger partial charge >= 0.3 is 0 Å². The van der Waals surface area contributed by atoms with Crippen LogP contribution in [0.5, 0.6) is 0 Å². The lowest BCUT2D eigenvalue weighted by atomic mass is 10.1. The normalized spacial score (nSPS) is 10.7. The topological polar surface area (TPSA) is 42.0 Å². The van der Waals surface area contributed by atoms with Gasteiger partial charge in [0.15, 0.2) is 0 Å². The van der Waals surface area contributed by atoms with Crippen molar-refractivity contribution in [1.29, 1.82) is 0 Å². The van der Waals surface area contributed by atoms with Crippen molar-refractivity contribution in [1.82, 2.24) is 10.3 Å². The predicted octanol–water partition coefficient (Wildman–Crippen LogP) is 6.01. The van der Waals surface area contributed by atoms with Crippen LogP contribution < -0.4 is 5.32 Å². The summed E-state index contributed by atoms with van der Waals surface area (Å²) in [6.45, 7) is 2.32. The third-order valence-corrected chi connectivity index (χ3v) is 5.67. The molecule has 25 heavy (non-hydrogen) atoms. The molecule has 0 bridgehead atoms. The standard InChI is InChI=1S/C18H13Cl3N2OS/c1-10-4-2-3-5-12(10)18-23-11(9-25-18)8-22-17(24)15-13(19)6-7-14(20)16(15)21/h2-7,9H,8H2,1H3,(H,22,24). The van der Waals surface area contributed by atoms with E-state index in [9.17, 15) is 4.79 Å². The molecule has 3 aromatic rings. The highest BCUT2D eigenvalue weighted by Gasteiger charge is 2.17. The van der Waals surface area contributed by atoms with Crippen LogP contribution in [0.3, 0.4) is 0 Å². The summed E-state index contributed by atoms with van der Waals surface area (Å²) < 4.78 is 0. The molecule has 1 amide bonds. The van der Waals surface area contributed by atoms with Crippen molar-refractivity contribution in [2.24, 2.45) is 0 Å². The van der Waals surface area contributed by atoms with Crippen molar-refractivity contribution in [3.05, 3.63) is 73.7 Å². The van der Waals surface area contributed by atoms with E-state index in [-0.39, 0.29) is 33.1 Å². The largest absolute Gasteiger partial charge is 0.346 e. The van der Waals surface area contributed by atoms with Crippen molar-refractivity contribution in [2.75, 3.05) is 0 Å². The summed E-state index contributed by atoms with van der Waals surface area (Å²) in [5.41, 5.74) is 3.19. The van der Waals surface area contributed by atoms with Crippen LogP contribution in [-0.4, -0.2) is 10.9 Å². The fourth-order valence-electron chi connectivity index (χ4n) is 2.32. The Bertz CT molecular complexity index is 940. The molecule has 0 spiro atoms. The first-order valence-corrected chi connectivity index (χ1v) is 9.41. The minimum absolute atomic E-state index is 0.144. The van der Waals surface area contributed by atoms with E-state index in [2.05, 4.69) is 10.3 Å². The smallest absolute Gasteiger partial charge is 0.254 e. The number of nitrogens with zero attached hydrogens (tertiary/aromatic N) is 1. The van der Waals surface area contributed by atoms with E-state index in [1.165, 1.54) is 11.3 Å². The maximum atomic E-state index is 12.4. The molecule has 1 heterocycles. The number of carbonyl (C=O) groups excluding carboxylic acids is 1. The monoisotopic (exact) mass is 410 g/mol. The minimum atomic E-state index is -0.386. The van der Waals surface area contributed by atoms with Gasteiger partial charge in [-0.3, -0.25) is 4.79 Å². The fourth-order valence-corrected chi connectivity index (χ4v) is 3.93. The van der Waals surface area contributed by atoms with E-state index >= 15 is 0 Å². The van der Waals surface area contributed by atoms with E-state index in [1.807, 2.05) is 36.6 Å². The lowest BCUT2D eigenvalue weighted by Crippen LogP contribution is -2.23. The van der Waals surface area contributed by atoms with Gasteiger partial charge in [-0.2, -0.15) is 0 Å². The first-order valence-electron chi connectivity index (χ1n) is 7.39. The van der Waals surface area contributed by atoms with Crippen LogP contribution in [0.4, 0.5) is 0 Å². The molecule has 0 unspecified atom stereocenters. The number of aryl methyl sites for hydroxylation is 1. The Morgan fingerprint density at radius 1 is 1.12 bits per heavy atom. The highest BCUT2D eigenvalue weighted by Crippen LogP contribution is 2.31. The molecule has 0 saturated carbocycles. The zero-order chi connectivity index (χ0) is 18.0. The molecule has 1 aromatic heterocycles. The van der Waals surface area contributed by atoms with E-state index in [0.29, 0.717) is 0 Å². The Morgan fingerprint density at radius 3 is 2.60 bits per heavy atom. The molecule has 7 heteroatoms. The number of thiazole rings is 1. The SMILES string of the molecule is Cc1ccccc1-c1nc(CNC(=O)c2c(Cl)ccc(Cl)c2Cl)cs1. The Kier molecular flexibility index (Phi) is 5.64. The predicted molar refractivity (Wildman–Crippen MR) is 105 cm³/mol. The molecule has 0 atom stereocenters. The van der Waals surface area contributed by atoms with Gasteiger partial charge in [0, 0.05) is 10.9 Å². The average molecular weight is 412 g/mol. The second-order valence-electron chi connectivity index (χ2n) is 5.36. The van der Waals surface area contributed by atoms with Gasteiger partial charge in [0.25, 0.3) is 5.91 Å². The summed E-state index contributed by atoms with van der Waals surface area (Å²) in [7, 11) is 0. The van der Waals surface area contributed by atoms with Gasteiger partial charge in [-0.05, 0) is 24.6 Å². The lowest BCUT2D eigenvalue weighted by molar-refractivity contribution is 0.0951. The fraction of sp³-hybridized carbons (Fsp3) is 0.111. The molecule has 1 N–H and O–H groups in total. The van der Waals surface area contributed by atoms with Crippen LogP contribution in [0.15, 0.2) is 41.8 Å². The number of carbonyl (C=O) groups is 1. The van der Waals surface area contributed by atoms with Crippen molar-refractivity contribution >= 4 is 52.0 Å². The molecular formula is C18H13Cl3N2OS. The molecule has 3 nitrogen and oxygen atoms in total. The summed E-state index contributed by atoms with van der Waals surface area (Å²) >= 11 is 19.6. The van der Waals surface area contributed by atoms with Crippen LogP contribution in [0.1, 0.15) is 21.6 Å². The summed E-state index contributed by atoms with van der Waals surface area (Å²) in [4.78, 5) is 17.0. The first-order chi connectivity index (χ1) is 12.0. The van der Waals surface area contributed by atoms with Gasteiger partial charge in [0.1, 0.15) is 5.01 Å². The molecule has 128 valence electrons. The molecule has 0 aliphatic rings. The number of hydrogen-bond donors (Lipinski definition) is 1. The highest BCUT2D eigenvalue weighted by atomic mass is 35.5. The number of halogens is 3. The van der Waals surface area contributed by atoms with Gasteiger partial charge in [0.2, 0.25) is 0 Å². The van der Waals surface area contributed by atoms with Crippen LogP contribution in [0.25, 0.3) is 10.6 Å². The van der Waals surface area contributed by atoms with Crippen molar-refractivity contribution < 1.29 is 4.79 Å². The van der Waals surface area contributed by atoms with Crippen molar-refractivity contribution in [3.8, 4) is 10.6 Å². The van der Waals surface area contributed by atoms with Crippen LogP contribution >= 0.6 is 46.1 Å². The molecule has 0 aliphatic carbocycles. The third-order valence-electron chi connectivity index (χ3n) is 3.63. The van der Waals surface area contributed by atoms with E-state index in [4.69, 9.17) is 34.8 Å². The first kappa shape index (κ1) is 18.2. The molecule has 2 aromatic carbocycles. The number of hydrogen-bond acceptors (Lipinski definition) is 3. The molecular weight excluding hydrogens is 399 g/mol. The zero-order valence-electron chi connectivity index (χ0n) is 13.1. The average Bonchev–Trinajstić information content (AvgIpc) is 3.06. The number of nitrogens with one attached hydrogen (secondary N) is 1. The maximum absolute atomic E-state index is 12.4. The Hall–Kier alpha value is -1.59. The lowest BCUT2D eigenvalue weighted by Gasteiger charge is -2.08. The zero-order valence-corrected chi connectivity index (χ0v) is 16.2. The highest BCUT2D eigenvalue weighted by molar-refractivity contribution is 7.13. The summed E-state index contributed by atoms with van der Waals surface area (Å²) in [6, 6.07) is 11.1. The van der Waals surface area contributed by atoms with Gasteiger partial charge in [0.05, 0.1) is 32.9 Å². The van der Waals surface area contributed by atoms with Crippen LogP contribution in [-0.2, 0) is 6.54 Å². The van der Waals surface area contributed by atoms with Crippen molar-refractivity contribution in [3.63, 3.8) is 0 Å². The molecule has 0 fully saturated rings. The van der Waals surface area contributed by atoms with Gasteiger partial charge < -0.3 is 5.32 Å². The number of rotatable bonds is 4. The summed E-state index contributed by atoms with van der Waals surface area (Å²) in [5, 5.41) is 6.30. The Balaban J connectivity index is 1.74. The van der Waals surface area contributed by atoms with Crippen LogP contribution in [0.2, 0.25) is 15.1 Å². The molecule has 0 aliphatic heterocycles. The van der Waals surface area contributed by atoms with Gasteiger partial charge in [-0.1, -0.05) is 59.1 Å². The summed E-state index contributed by atoms with van der Waals surface area (Å²) in [6.07, 6.45) is 0.